The van der Waals surface area contributed by atoms with Gasteiger partial charge in [0.1, 0.15) is 0 Å². The lowest BCUT2D eigenvalue weighted by Crippen LogP contribution is -2.47. The van der Waals surface area contributed by atoms with Gasteiger partial charge in [-0.3, -0.25) is 0 Å². The summed E-state index contributed by atoms with van der Waals surface area (Å²) in [5.74, 6) is -5.40. The minimum atomic E-state index is -5.94. The second-order valence-corrected chi connectivity index (χ2v) is 1.47. The average Bonchev–Trinajstić information content (AvgIpc) is 1.62. The van der Waals surface area contributed by atoms with E-state index in [1.165, 1.54) is 0 Å². The summed E-state index contributed by atoms with van der Waals surface area (Å²) in [6, 6.07) is 0. The highest BCUT2D eigenvalue weighted by Gasteiger charge is 2.62. The Labute approximate surface area is 63.4 Å². The van der Waals surface area contributed by atoms with Crippen LogP contribution >= 0.6 is 12.4 Å². The Bertz CT molecular complexity index is 119. The Morgan fingerprint density at radius 1 is 1.00 bits per heavy atom. The number of aliphatic hydroxyl groups is 1. The molecule has 0 saturated carbocycles. The third kappa shape index (κ3) is 2.74. The molecule has 1 N–H and O–H groups in total. The van der Waals surface area contributed by atoms with Crippen molar-refractivity contribution in [2.45, 2.75) is 18.5 Å². The Kier molecular flexibility index (Phi) is 4.25. The molecule has 0 aromatic heterocycles. The summed E-state index contributed by atoms with van der Waals surface area (Å²) in [7, 11) is 0. The molecule has 0 fully saturated rings. The van der Waals surface area contributed by atoms with Crippen molar-refractivity contribution in [1.82, 2.24) is 0 Å². The number of alkyl halides is 6. The molecule has 1 atom stereocenters. The van der Waals surface area contributed by atoms with Crippen molar-refractivity contribution in [2.24, 2.45) is 0 Å². The molecule has 0 aliphatic rings. The van der Waals surface area contributed by atoms with Gasteiger partial charge in [-0.15, -0.1) is 12.4 Å². The molecule has 0 spiro atoms. The van der Waals surface area contributed by atoms with Gasteiger partial charge in [0.25, 0.3) is 0 Å². The maximum Gasteiger partial charge on any atom is 0.454 e. The molecule has 8 heteroatoms. The fourth-order valence-electron chi connectivity index (χ4n) is 0.124. The third-order valence-electron chi connectivity index (χ3n) is 0.687. The third-order valence-corrected chi connectivity index (χ3v) is 0.687. The van der Waals surface area contributed by atoms with Crippen LogP contribution in [0.25, 0.3) is 0 Å². The lowest BCUT2D eigenvalue weighted by molar-refractivity contribution is -0.352. The zero-order chi connectivity index (χ0) is 8.58. The van der Waals surface area contributed by atoms with E-state index in [2.05, 4.69) is 0 Å². The van der Waals surface area contributed by atoms with Crippen LogP contribution in [0.4, 0.5) is 26.3 Å². The second-order valence-electron chi connectivity index (χ2n) is 1.47. The summed E-state index contributed by atoms with van der Waals surface area (Å²) < 4.78 is 66.3. The van der Waals surface area contributed by atoms with Crippen LogP contribution in [0, 0.1) is 0 Å². The van der Waals surface area contributed by atoms with E-state index >= 15 is 0 Å². The van der Waals surface area contributed by atoms with Crippen LogP contribution < -0.4 is 0 Å². The van der Waals surface area contributed by atoms with Crippen molar-refractivity contribution in [3.8, 4) is 0 Å². The maximum atomic E-state index is 11.4. The van der Waals surface area contributed by atoms with Crippen LogP contribution in [0.3, 0.4) is 0 Å². The van der Waals surface area contributed by atoms with Crippen LogP contribution in [-0.2, 0) is 0 Å². The first-order chi connectivity index (χ1) is 4.19. The number of hydrogen-bond donors (Lipinski definition) is 1. The van der Waals surface area contributed by atoms with Gasteiger partial charge in [0.15, 0.2) is 0 Å². The van der Waals surface area contributed by atoms with Crippen LogP contribution in [0.2, 0.25) is 0 Å². The van der Waals surface area contributed by atoms with Crippen LogP contribution in [0.5, 0.6) is 0 Å². The number of hydrogen-bond acceptors (Lipinski definition) is 1. The first-order valence-corrected chi connectivity index (χ1v) is 1.95. The molecule has 0 saturated heterocycles. The summed E-state index contributed by atoms with van der Waals surface area (Å²) in [5, 5.41) is 7.39. The van der Waals surface area contributed by atoms with Gasteiger partial charge in [-0.05, 0) is 0 Å². The van der Waals surface area contributed by atoms with Gasteiger partial charge >= 0.3 is 18.5 Å². The van der Waals surface area contributed by atoms with E-state index in [0.29, 0.717) is 0 Å². The van der Waals surface area contributed by atoms with E-state index in [1.54, 1.807) is 0 Å². The summed E-state index contributed by atoms with van der Waals surface area (Å²) in [6.07, 6.45) is -10.4. The molecule has 70 valence electrons. The predicted molar refractivity (Wildman–Crippen MR) is 25.4 cm³/mol. The van der Waals surface area contributed by atoms with E-state index in [4.69, 9.17) is 5.11 Å². The number of rotatable bonds is 1. The minimum Gasteiger partial charge on any atom is -0.350 e. The molecule has 0 aliphatic heterocycles. The van der Waals surface area contributed by atoms with E-state index in [-0.39, 0.29) is 12.4 Å². The lowest BCUT2D eigenvalue weighted by atomic mass is 10.3. The lowest BCUT2D eigenvalue weighted by Gasteiger charge is -2.20. The van der Waals surface area contributed by atoms with Gasteiger partial charge in [0.2, 0.25) is 0 Å². The number of halogens is 7. The van der Waals surface area contributed by atoms with Crippen molar-refractivity contribution < 1.29 is 31.4 Å². The molecule has 0 heterocycles. The van der Waals surface area contributed by atoms with Crippen molar-refractivity contribution >= 4 is 12.4 Å². The highest BCUT2D eigenvalue weighted by molar-refractivity contribution is 5.85. The predicted octanol–water partition coefficient (Wildman–Crippen LogP) is 1.89. The molecule has 11 heavy (non-hydrogen) atoms. The SMILES string of the molecule is Cl.OC(F)(C(F)F)C(F)(F)F. The molecule has 0 aromatic rings. The fraction of sp³-hybridized carbons (Fsp3) is 1.00. The molecular formula is C3H3ClF6O. The van der Waals surface area contributed by atoms with Crippen molar-refractivity contribution in [2.75, 3.05) is 0 Å². The monoisotopic (exact) mass is 204 g/mol. The summed E-state index contributed by atoms with van der Waals surface area (Å²) >= 11 is 0. The van der Waals surface area contributed by atoms with Crippen LogP contribution in [-0.4, -0.2) is 23.6 Å². The van der Waals surface area contributed by atoms with Gasteiger partial charge in [-0.2, -0.15) is 17.6 Å². The standard InChI is InChI=1S/C3H2F6O.ClH/c4-1(5)2(6,10)3(7,8)9;/h1,10H;1H. The van der Waals surface area contributed by atoms with Crippen molar-refractivity contribution in [1.29, 1.82) is 0 Å². The molecule has 0 rings (SSSR count). The summed E-state index contributed by atoms with van der Waals surface area (Å²) in [5.41, 5.74) is 0. The van der Waals surface area contributed by atoms with Gasteiger partial charge in [0.05, 0.1) is 0 Å². The molecule has 0 radical (unpaired) electrons. The summed E-state index contributed by atoms with van der Waals surface area (Å²) in [6.45, 7) is 0. The van der Waals surface area contributed by atoms with Gasteiger partial charge < -0.3 is 5.11 Å². The first kappa shape index (κ1) is 13.4. The highest BCUT2D eigenvalue weighted by atomic mass is 35.5. The molecule has 0 aliphatic carbocycles. The molecular weight excluding hydrogens is 201 g/mol. The Hall–Kier alpha value is -0.170. The second kappa shape index (κ2) is 3.48. The van der Waals surface area contributed by atoms with Gasteiger partial charge in [0, 0.05) is 0 Å². The van der Waals surface area contributed by atoms with E-state index < -0.39 is 18.5 Å². The topological polar surface area (TPSA) is 20.2 Å². The minimum absolute atomic E-state index is 0. The smallest absolute Gasteiger partial charge is 0.350 e. The van der Waals surface area contributed by atoms with Crippen LogP contribution in [0.1, 0.15) is 0 Å². The Morgan fingerprint density at radius 3 is 1.27 bits per heavy atom. The highest BCUT2D eigenvalue weighted by Crippen LogP contribution is 2.36. The van der Waals surface area contributed by atoms with Gasteiger partial charge in [-0.1, -0.05) is 0 Å². The van der Waals surface area contributed by atoms with E-state index in [1.807, 2.05) is 0 Å². The van der Waals surface area contributed by atoms with Gasteiger partial charge in [-0.25, -0.2) is 8.78 Å². The Morgan fingerprint density at radius 2 is 1.27 bits per heavy atom. The molecule has 1 nitrogen and oxygen atoms in total. The molecule has 0 bridgehead atoms. The quantitative estimate of drug-likeness (QED) is 0.647. The van der Waals surface area contributed by atoms with Crippen molar-refractivity contribution in [3.63, 3.8) is 0 Å². The Balaban J connectivity index is 0. The molecule has 0 amide bonds. The van der Waals surface area contributed by atoms with E-state index in [9.17, 15) is 26.3 Å². The fourth-order valence-corrected chi connectivity index (χ4v) is 0.124. The zero-order valence-corrected chi connectivity index (χ0v) is 5.52. The maximum absolute atomic E-state index is 11.4. The van der Waals surface area contributed by atoms with Crippen molar-refractivity contribution in [3.05, 3.63) is 0 Å². The summed E-state index contributed by atoms with van der Waals surface area (Å²) in [4.78, 5) is 0. The first-order valence-electron chi connectivity index (χ1n) is 1.95. The zero-order valence-electron chi connectivity index (χ0n) is 4.70. The molecule has 0 aromatic carbocycles. The van der Waals surface area contributed by atoms with E-state index in [0.717, 1.165) is 0 Å². The largest absolute Gasteiger partial charge is 0.454 e. The van der Waals surface area contributed by atoms with Crippen LogP contribution in [0.15, 0.2) is 0 Å². The average molecular weight is 204 g/mol. The molecule has 1 unspecified atom stereocenters. The normalized spacial score (nSPS) is 17.5.